The maximum absolute atomic E-state index is 13.5. The number of anilines is 1. The highest BCUT2D eigenvalue weighted by Gasteiger charge is 2.31. The first-order valence-electron chi connectivity index (χ1n) is 10.9. The largest absolute Gasteiger partial charge is 0.354 e. The first kappa shape index (κ1) is 28.0. The molecule has 1 atom stereocenters. The Kier molecular flexibility index (Phi) is 9.79. The fourth-order valence-electron chi connectivity index (χ4n) is 3.29. The van der Waals surface area contributed by atoms with Gasteiger partial charge in [-0.1, -0.05) is 55.2 Å². The van der Waals surface area contributed by atoms with E-state index in [1.807, 2.05) is 26.8 Å². The Morgan fingerprint density at radius 1 is 1.03 bits per heavy atom. The number of carbonyl (C=O) groups excluding carboxylic acids is 2. The lowest BCUT2D eigenvalue weighted by Crippen LogP contribution is -2.51. The van der Waals surface area contributed by atoms with Gasteiger partial charge in [-0.15, -0.1) is 0 Å². The first-order valence-corrected chi connectivity index (χ1v) is 13.5. The Labute approximate surface area is 212 Å². The minimum atomic E-state index is -3.79. The van der Waals surface area contributed by atoms with E-state index < -0.39 is 28.5 Å². The van der Waals surface area contributed by atoms with E-state index in [4.69, 9.17) is 23.2 Å². The third-order valence-electron chi connectivity index (χ3n) is 5.21. The molecular formula is C24H31Cl2N3O4S. The van der Waals surface area contributed by atoms with Gasteiger partial charge in [0.1, 0.15) is 12.6 Å². The van der Waals surface area contributed by atoms with Crippen LogP contribution in [0.4, 0.5) is 5.69 Å². The van der Waals surface area contributed by atoms with Crippen molar-refractivity contribution in [3.63, 3.8) is 0 Å². The van der Waals surface area contributed by atoms with Crippen molar-refractivity contribution < 1.29 is 18.0 Å². The lowest BCUT2D eigenvalue weighted by atomic mass is 10.1. The summed E-state index contributed by atoms with van der Waals surface area (Å²) in [6.45, 7) is 7.25. The molecule has 0 aliphatic carbocycles. The molecule has 0 spiro atoms. The summed E-state index contributed by atoms with van der Waals surface area (Å²) in [5.74, 6) is -0.692. The second-order valence-electron chi connectivity index (χ2n) is 8.65. The van der Waals surface area contributed by atoms with Crippen molar-refractivity contribution in [2.45, 2.75) is 40.3 Å². The number of nitrogens with one attached hydrogen (secondary N) is 1. The second-order valence-corrected chi connectivity index (χ2v) is 11.4. The van der Waals surface area contributed by atoms with Crippen molar-refractivity contribution in [2.75, 3.05) is 23.7 Å². The van der Waals surface area contributed by atoms with Crippen LogP contribution >= 0.6 is 23.2 Å². The number of nitrogens with zero attached hydrogens (tertiary/aromatic N) is 2. The lowest BCUT2D eigenvalue weighted by Gasteiger charge is -2.32. The van der Waals surface area contributed by atoms with Gasteiger partial charge in [0.2, 0.25) is 21.8 Å². The third kappa shape index (κ3) is 7.61. The minimum Gasteiger partial charge on any atom is -0.354 e. The van der Waals surface area contributed by atoms with Gasteiger partial charge >= 0.3 is 0 Å². The average molecular weight is 529 g/mol. The van der Waals surface area contributed by atoms with Crippen molar-refractivity contribution in [3.8, 4) is 0 Å². The van der Waals surface area contributed by atoms with Crippen LogP contribution in [-0.4, -0.2) is 50.5 Å². The molecule has 34 heavy (non-hydrogen) atoms. The summed E-state index contributed by atoms with van der Waals surface area (Å²) in [7, 11) is -3.79. The number of carbonyl (C=O) groups is 2. The van der Waals surface area contributed by atoms with E-state index in [1.54, 1.807) is 43.3 Å². The van der Waals surface area contributed by atoms with Crippen LogP contribution in [0, 0.1) is 12.8 Å². The molecule has 0 saturated heterocycles. The number of aryl methyl sites for hydroxylation is 1. The first-order chi connectivity index (χ1) is 15.8. The van der Waals surface area contributed by atoms with Gasteiger partial charge in [-0.3, -0.25) is 13.9 Å². The summed E-state index contributed by atoms with van der Waals surface area (Å²) in [6.07, 6.45) is 1.04. The van der Waals surface area contributed by atoms with Gasteiger partial charge in [-0.25, -0.2) is 8.42 Å². The Morgan fingerprint density at radius 3 is 2.15 bits per heavy atom. The van der Waals surface area contributed by atoms with E-state index in [2.05, 4.69) is 5.32 Å². The molecule has 0 heterocycles. The van der Waals surface area contributed by atoms with Crippen molar-refractivity contribution >= 4 is 50.7 Å². The molecule has 0 saturated carbocycles. The van der Waals surface area contributed by atoms with E-state index in [9.17, 15) is 18.0 Å². The predicted octanol–water partition coefficient (Wildman–Crippen LogP) is 4.26. The fourth-order valence-corrected chi connectivity index (χ4v) is 4.64. The van der Waals surface area contributed by atoms with E-state index in [0.29, 0.717) is 27.8 Å². The van der Waals surface area contributed by atoms with Crippen LogP contribution in [0.5, 0.6) is 0 Å². The third-order valence-corrected chi connectivity index (χ3v) is 7.06. The quantitative estimate of drug-likeness (QED) is 0.500. The van der Waals surface area contributed by atoms with Crippen LogP contribution in [0.25, 0.3) is 0 Å². The number of hydrogen-bond acceptors (Lipinski definition) is 4. The van der Waals surface area contributed by atoms with Crippen molar-refractivity contribution in [1.29, 1.82) is 0 Å². The molecule has 1 N–H and O–H groups in total. The van der Waals surface area contributed by atoms with Crippen LogP contribution in [0.3, 0.4) is 0 Å². The molecule has 10 heteroatoms. The van der Waals surface area contributed by atoms with Crippen LogP contribution < -0.4 is 9.62 Å². The summed E-state index contributed by atoms with van der Waals surface area (Å²) in [6, 6.07) is 10.9. The van der Waals surface area contributed by atoms with E-state index in [1.165, 1.54) is 4.90 Å². The van der Waals surface area contributed by atoms with Gasteiger partial charge in [0.15, 0.2) is 0 Å². The highest BCUT2D eigenvalue weighted by molar-refractivity contribution is 7.92. The Balaban J connectivity index is 2.43. The van der Waals surface area contributed by atoms with Crippen LogP contribution in [0.2, 0.25) is 10.0 Å². The van der Waals surface area contributed by atoms with Gasteiger partial charge in [0.25, 0.3) is 0 Å². The number of benzene rings is 2. The fraction of sp³-hybridized carbons (Fsp3) is 0.417. The van der Waals surface area contributed by atoms with Crippen LogP contribution in [0.15, 0.2) is 42.5 Å². The zero-order valence-corrected chi connectivity index (χ0v) is 22.3. The van der Waals surface area contributed by atoms with Crippen LogP contribution in [-0.2, 0) is 26.2 Å². The molecule has 0 aromatic heterocycles. The molecule has 0 fully saturated rings. The molecule has 0 aliphatic heterocycles. The van der Waals surface area contributed by atoms with Gasteiger partial charge in [-0.2, -0.15) is 0 Å². The minimum absolute atomic E-state index is 0.0565. The SMILES string of the molecule is Cc1cccc(N(CC(=O)N(Cc2c(Cl)cccc2Cl)[C@@H](C)C(=O)NCC(C)C)S(C)(=O)=O)c1. The number of sulfonamides is 1. The van der Waals surface area contributed by atoms with Crippen molar-refractivity contribution in [1.82, 2.24) is 10.2 Å². The topological polar surface area (TPSA) is 86.8 Å². The highest BCUT2D eigenvalue weighted by atomic mass is 35.5. The Morgan fingerprint density at radius 2 is 1.62 bits per heavy atom. The van der Waals surface area contributed by atoms with Crippen LogP contribution in [0.1, 0.15) is 31.9 Å². The molecule has 2 aromatic rings. The van der Waals surface area contributed by atoms with E-state index in [-0.39, 0.29) is 18.4 Å². The summed E-state index contributed by atoms with van der Waals surface area (Å²) < 4.78 is 26.2. The number of amides is 2. The Bertz CT molecular complexity index is 1120. The van der Waals surface area contributed by atoms with Crippen molar-refractivity contribution in [3.05, 3.63) is 63.6 Å². The van der Waals surface area contributed by atoms with E-state index in [0.717, 1.165) is 16.1 Å². The Hall–Kier alpha value is -2.29. The molecule has 7 nitrogen and oxygen atoms in total. The standard InChI is InChI=1S/C24H31Cl2N3O4S/c1-16(2)13-27-24(31)18(4)28(14-20-21(25)10-7-11-22(20)26)23(30)15-29(34(5,32)33)19-9-6-8-17(3)12-19/h6-12,16,18H,13-15H2,1-5H3,(H,27,31)/t18-/m0/s1. The molecule has 0 aliphatic rings. The zero-order chi connectivity index (χ0) is 25.6. The normalized spacial score (nSPS) is 12.4. The number of hydrogen-bond donors (Lipinski definition) is 1. The summed E-state index contributed by atoms with van der Waals surface area (Å²) in [5.41, 5.74) is 1.69. The predicted molar refractivity (Wildman–Crippen MR) is 138 cm³/mol. The molecule has 2 aromatic carbocycles. The molecule has 0 bridgehead atoms. The van der Waals surface area contributed by atoms with Gasteiger partial charge in [0, 0.05) is 28.7 Å². The van der Waals surface area contributed by atoms with Gasteiger partial charge in [-0.05, 0) is 49.6 Å². The molecule has 0 radical (unpaired) electrons. The molecule has 186 valence electrons. The maximum Gasteiger partial charge on any atom is 0.244 e. The molecule has 2 amide bonds. The summed E-state index contributed by atoms with van der Waals surface area (Å²) in [4.78, 5) is 27.7. The summed E-state index contributed by atoms with van der Waals surface area (Å²) >= 11 is 12.7. The highest BCUT2D eigenvalue weighted by Crippen LogP contribution is 2.27. The van der Waals surface area contributed by atoms with E-state index >= 15 is 0 Å². The zero-order valence-electron chi connectivity index (χ0n) is 20.0. The number of rotatable bonds is 10. The second kappa shape index (κ2) is 11.9. The molecular weight excluding hydrogens is 497 g/mol. The molecule has 2 rings (SSSR count). The smallest absolute Gasteiger partial charge is 0.244 e. The maximum atomic E-state index is 13.5. The number of halogens is 2. The summed E-state index contributed by atoms with van der Waals surface area (Å²) in [5, 5.41) is 3.52. The van der Waals surface area contributed by atoms with Crippen molar-refractivity contribution in [2.24, 2.45) is 5.92 Å². The van der Waals surface area contributed by atoms with Gasteiger partial charge in [0.05, 0.1) is 11.9 Å². The lowest BCUT2D eigenvalue weighted by molar-refractivity contribution is -0.139. The average Bonchev–Trinajstić information content (AvgIpc) is 2.74. The van der Waals surface area contributed by atoms with Gasteiger partial charge < -0.3 is 10.2 Å². The molecule has 0 unspecified atom stereocenters. The monoisotopic (exact) mass is 527 g/mol.